The van der Waals surface area contributed by atoms with Gasteiger partial charge in [0.15, 0.2) is 0 Å². The normalized spacial score (nSPS) is 15.9. The molecule has 0 bridgehead atoms. The summed E-state index contributed by atoms with van der Waals surface area (Å²) in [6, 6.07) is 12.4. The lowest BCUT2D eigenvalue weighted by atomic mass is 10.0. The first-order valence-electron chi connectivity index (χ1n) is 8.21. The molecule has 27 heavy (non-hydrogen) atoms. The molecule has 1 aromatic heterocycles. The average molecular weight is 389 g/mol. The van der Waals surface area contributed by atoms with Gasteiger partial charge in [0, 0.05) is 10.6 Å². The van der Waals surface area contributed by atoms with Gasteiger partial charge in [-0.15, -0.1) is 0 Å². The van der Waals surface area contributed by atoms with Gasteiger partial charge in [-0.05, 0) is 36.8 Å². The molecule has 138 valence electrons. The van der Waals surface area contributed by atoms with Crippen LogP contribution in [0.15, 0.2) is 54.9 Å². The SMILES string of the molecule is Cc1ccc([C@H]2C=C(c3ccc(Cl)cc3OC(F)F)Nc3ncnn32)cc1. The van der Waals surface area contributed by atoms with Crippen LogP contribution in [-0.4, -0.2) is 21.4 Å². The summed E-state index contributed by atoms with van der Waals surface area (Å²) in [6.45, 7) is -0.946. The first kappa shape index (κ1) is 17.5. The molecule has 0 unspecified atom stereocenters. The van der Waals surface area contributed by atoms with E-state index in [1.807, 2.05) is 37.3 Å². The molecule has 0 fully saturated rings. The molecule has 2 heterocycles. The Morgan fingerprint density at radius 2 is 1.96 bits per heavy atom. The summed E-state index contributed by atoms with van der Waals surface area (Å²) >= 11 is 5.95. The summed E-state index contributed by atoms with van der Waals surface area (Å²) in [7, 11) is 0. The van der Waals surface area contributed by atoms with Gasteiger partial charge in [-0.3, -0.25) is 0 Å². The molecule has 3 aromatic rings. The van der Waals surface area contributed by atoms with Crippen molar-refractivity contribution < 1.29 is 13.5 Å². The zero-order valence-electron chi connectivity index (χ0n) is 14.2. The fraction of sp³-hybridized carbons (Fsp3) is 0.158. The van der Waals surface area contributed by atoms with Crippen LogP contribution >= 0.6 is 11.6 Å². The molecule has 0 aliphatic carbocycles. The molecular formula is C19H15ClF2N4O. The quantitative estimate of drug-likeness (QED) is 0.690. The Labute approximate surface area is 159 Å². The smallest absolute Gasteiger partial charge is 0.387 e. The van der Waals surface area contributed by atoms with E-state index in [1.54, 1.807) is 16.8 Å². The molecule has 1 aliphatic rings. The fourth-order valence-corrected chi connectivity index (χ4v) is 3.17. The van der Waals surface area contributed by atoms with E-state index in [-0.39, 0.29) is 11.8 Å². The number of hydrogen-bond acceptors (Lipinski definition) is 4. The van der Waals surface area contributed by atoms with E-state index < -0.39 is 6.61 Å². The first-order valence-corrected chi connectivity index (χ1v) is 8.59. The Balaban J connectivity index is 1.81. The Hall–Kier alpha value is -2.93. The number of aryl methyl sites for hydroxylation is 1. The number of alkyl halides is 2. The molecule has 1 atom stereocenters. The second kappa shape index (κ2) is 7.00. The van der Waals surface area contributed by atoms with Crippen LogP contribution in [0.3, 0.4) is 0 Å². The maximum Gasteiger partial charge on any atom is 0.387 e. The molecule has 4 rings (SSSR count). The summed E-state index contributed by atoms with van der Waals surface area (Å²) in [5.41, 5.74) is 3.19. The molecule has 0 spiro atoms. The largest absolute Gasteiger partial charge is 0.434 e. The van der Waals surface area contributed by atoms with Crippen molar-refractivity contribution in [1.29, 1.82) is 0 Å². The van der Waals surface area contributed by atoms with Crippen molar-refractivity contribution >= 4 is 23.2 Å². The zero-order chi connectivity index (χ0) is 19.0. The van der Waals surface area contributed by atoms with Gasteiger partial charge in [-0.1, -0.05) is 41.4 Å². The molecule has 0 saturated carbocycles. The Bertz CT molecular complexity index is 1000. The topological polar surface area (TPSA) is 52.0 Å². The fourth-order valence-electron chi connectivity index (χ4n) is 3.00. The predicted octanol–water partition coefficient (Wildman–Crippen LogP) is 4.90. The Morgan fingerprint density at radius 3 is 2.70 bits per heavy atom. The van der Waals surface area contributed by atoms with Crippen molar-refractivity contribution in [2.24, 2.45) is 0 Å². The third-order valence-electron chi connectivity index (χ3n) is 4.28. The van der Waals surface area contributed by atoms with Gasteiger partial charge in [0.1, 0.15) is 18.1 Å². The number of benzene rings is 2. The van der Waals surface area contributed by atoms with Crippen LogP contribution in [0.25, 0.3) is 5.70 Å². The van der Waals surface area contributed by atoms with E-state index in [2.05, 4.69) is 20.1 Å². The average Bonchev–Trinajstić information content (AvgIpc) is 3.10. The number of fused-ring (bicyclic) bond motifs is 1. The van der Waals surface area contributed by atoms with Crippen LogP contribution in [0.1, 0.15) is 22.7 Å². The first-order chi connectivity index (χ1) is 13.0. The van der Waals surface area contributed by atoms with E-state index in [1.165, 1.54) is 12.4 Å². The summed E-state index contributed by atoms with van der Waals surface area (Å²) in [5.74, 6) is 0.503. The molecule has 8 heteroatoms. The van der Waals surface area contributed by atoms with E-state index in [9.17, 15) is 8.78 Å². The van der Waals surface area contributed by atoms with Crippen molar-refractivity contribution in [3.8, 4) is 5.75 Å². The third kappa shape index (κ3) is 3.50. The highest BCUT2D eigenvalue weighted by Crippen LogP contribution is 2.36. The van der Waals surface area contributed by atoms with Crippen LogP contribution in [0.4, 0.5) is 14.7 Å². The number of nitrogens with one attached hydrogen (secondary N) is 1. The number of anilines is 1. The third-order valence-corrected chi connectivity index (χ3v) is 4.51. The number of halogens is 3. The maximum absolute atomic E-state index is 12.8. The molecular weight excluding hydrogens is 374 g/mol. The van der Waals surface area contributed by atoms with Crippen LogP contribution in [0.5, 0.6) is 5.75 Å². The second-order valence-electron chi connectivity index (χ2n) is 6.11. The van der Waals surface area contributed by atoms with Gasteiger partial charge in [0.2, 0.25) is 5.95 Å². The standard InChI is InChI=1S/C19H15ClF2N4O/c1-11-2-4-12(5-3-11)16-9-15(25-19-23-10-24-26(16)19)14-7-6-13(20)8-17(14)27-18(21)22/h2-10,16,18H,1H3,(H,23,24,25)/t16-/m1/s1. The maximum atomic E-state index is 12.8. The van der Waals surface area contributed by atoms with Crippen molar-refractivity contribution in [2.75, 3.05) is 5.32 Å². The lowest BCUT2D eigenvalue weighted by Gasteiger charge is -2.25. The van der Waals surface area contributed by atoms with Gasteiger partial charge >= 0.3 is 6.61 Å². The highest BCUT2D eigenvalue weighted by molar-refractivity contribution is 6.30. The van der Waals surface area contributed by atoms with Crippen LogP contribution in [-0.2, 0) is 0 Å². The minimum atomic E-state index is -2.96. The number of hydrogen-bond donors (Lipinski definition) is 1. The summed E-state index contributed by atoms with van der Waals surface area (Å²) in [4.78, 5) is 4.22. The number of allylic oxidation sites excluding steroid dienone is 1. The zero-order valence-corrected chi connectivity index (χ0v) is 15.0. The number of ether oxygens (including phenoxy) is 1. The Morgan fingerprint density at radius 1 is 1.19 bits per heavy atom. The molecule has 5 nitrogen and oxygen atoms in total. The van der Waals surface area contributed by atoms with Crippen molar-refractivity contribution in [1.82, 2.24) is 14.8 Å². The lowest BCUT2D eigenvalue weighted by molar-refractivity contribution is -0.0500. The molecule has 0 amide bonds. The van der Waals surface area contributed by atoms with Gasteiger partial charge in [-0.25, -0.2) is 4.68 Å². The number of aromatic nitrogens is 3. The van der Waals surface area contributed by atoms with Crippen molar-refractivity contribution in [3.05, 3.63) is 76.6 Å². The van der Waals surface area contributed by atoms with Gasteiger partial charge in [-0.2, -0.15) is 18.9 Å². The van der Waals surface area contributed by atoms with Crippen molar-refractivity contribution in [3.63, 3.8) is 0 Å². The van der Waals surface area contributed by atoms with Crippen LogP contribution in [0, 0.1) is 6.92 Å². The van der Waals surface area contributed by atoms with Crippen LogP contribution < -0.4 is 10.1 Å². The van der Waals surface area contributed by atoms with E-state index in [4.69, 9.17) is 11.6 Å². The minimum Gasteiger partial charge on any atom is -0.434 e. The van der Waals surface area contributed by atoms with E-state index in [0.717, 1.165) is 11.1 Å². The highest BCUT2D eigenvalue weighted by Gasteiger charge is 2.25. The number of nitrogens with zero attached hydrogens (tertiary/aromatic N) is 3. The molecule has 1 aliphatic heterocycles. The number of rotatable bonds is 4. The predicted molar refractivity (Wildman–Crippen MR) is 99.0 cm³/mol. The van der Waals surface area contributed by atoms with Crippen LogP contribution in [0.2, 0.25) is 5.02 Å². The Kier molecular flexibility index (Phi) is 4.53. The second-order valence-corrected chi connectivity index (χ2v) is 6.54. The molecule has 1 N–H and O–H groups in total. The van der Waals surface area contributed by atoms with Crippen molar-refractivity contribution in [2.45, 2.75) is 19.6 Å². The van der Waals surface area contributed by atoms with Gasteiger partial charge in [0.05, 0.1) is 5.70 Å². The lowest BCUT2D eigenvalue weighted by Crippen LogP contribution is -2.20. The molecule has 2 aromatic carbocycles. The van der Waals surface area contributed by atoms with Gasteiger partial charge in [0.25, 0.3) is 0 Å². The summed E-state index contributed by atoms with van der Waals surface area (Å²) < 4.78 is 32.1. The summed E-state index contributed by atoms with van der Waals surface area (Å²) in [5, 5.41) is 7.71. The highest BCUT2D eigenvalue weighted by atomic mass is 35.5. The van der Waals surface area contributed by atoms with Gasteiger partial charge < -0.3 is 10.1 Å². The monoisotopic (exact) mass is 388 g/mol. The van der Waals surface area contributed by atoms with E-state index >= 15 is 0 Å². The molecule has 0 saturated heterocycles. The minimum absolute atomic E-state index is 0.00753. The van der Waals surface area contributed by atoms with E-state index in [0.29, 0.717) is 22.2 Å². The summed E-state index contributed by atoms with van der Waals surface area (Å²) in [6.07, 6.45) is 3.34. The molecule has 0 radical (unpaired) electrons.